The fourth-order valence-electron chi connectivity index (χ4n) is 2.70. The molecule has 4 nitrogen and oxygen atoms in total. The van der Waals surface area contributed by atoms with E-state index in [2.05, 4.69) is 4.98 Å². The first-order valence-corrected chi connectivity index (χ1v) is 7.45. The molecule has 0 bridgehead atoms. The topological polar surface area (TPSA) is 45.3 Å². The lowest BCUT2D eigenvalue weighted by Gasteiger charge is -2.33. The number of benzene rings is 1. The average molecular weight is 359 g/mol. The second-order valence-electron chi connectivity index (χ2n) is 5.55. The monoisotopic (exact) mass is 359 g/mol. The van der Waals surface area contributed by atoms with Crippen molar-refractivity contribution in [1.29, 1.82) is 0 Å². The predicted molar refractivity (Wildman–Crippen MR) is 76.5 cm³/mol. The van der Waals surface area contributed by atoms with Crippen LogP contribution in [0.2, 0.25) is 0 Å². The van der Waals surface area contributed by atoms with Gasteiger partial charge in [-0.25, -0.2) is 18.2 Å². The maximum Gasteiger partial charge on any atom is 0.220 e. The van der Waals surface area contributed by atoms with Gasteiger partial charge in [-0.3, -0.25) is 5.11 Å². The van der Waals surface area contributed by atoms with Crippen LogP contribution < -0.4 is 9.64 Å². The Morgan fingerprint density at radius 2 is 1.68 bits per heavy atom. The van der Waals surface area contributed by atoms with Crippen LogP contribution in [0.15, 0.2) is 18.3 Å². The van der Waals surface area contributed by atoms with Gasteiger partial charge >= 0.3 is 0 Å². The van der Waals surface area contributed by atoms with Crippen LogP contribution in [0.1, 0.15) is 12.8 Å². The highest BCUT2D eigenvalue weighted by Gasteiger charge is 2.31. The van der Waals surface area contributed by atoms with E-state index in [0.29, 0.717) is 19.4 Å². The Balaban J connectivity index is 1.84. The maximum absolute atomic E-state index is 13.7. The standard InChI is InChI=1S/C16H12F5N2O2/c17-10-11(18)13(20)15(14(21)12(10)19)25-8-3-2-6-23(7-8)16-9(24)4-1-5-22-16/h1,4-5,8H,2-3,6-7H2. The number of ether oxygens (including phenoxy) is 1. The third-order valence-corrected chi connectivity index (χ3v) is 3.88. The minimum absolute atomic E-state index is 0.0335. The van der Waals surface area contributed by atoms with Gasteiger partial charge in [0.25, 0.3) is 0 Å². The molecule has 0 N–H and O–H groups in total. The molecule has 1 atom stereocenters. The van der Waals surface area contributed by atoms with Crippen LogP contribution >= 0.6 is 0 Å². The van der Waals surface area contributed by atoms with Crippen molar-refractivity contribution in [3.8, 4) is 11.5 Å². The Morgan fingerprint density at radius 3 is 2.32 bits per heavy atom. The van der Waals surface area contributed by atoms with Crippen LogP contribution in [0.4, 0.5) is 27.8 Å². The lowest BCUT2D eigenvalue weighted by molar-refractivity contribution is 0.157. The first kappa shape index (κ1) is 17.2. The van der Waals surface area contributed by atoms with E-state index in [0.717, 1.165) is 0 Å². The molecule has 25 heavy (non-hydrogen) atoms. The molecule has 2 aromatic rings. The summed E-state index contributed by atoms with van der Waals surface area (Å²) in [5.74, 6) is -11.9. The summed E-state index contributed by atoms with van der Waals surface area (Å²) in [4.78, 5) is 5.52. The zero-order chi connectivity index (χ0) is 18.1. The Labute approximate surface area is 139 Å². The number of piperidine rings is 1. The molecular weight excluding hydrogens is 347 g/mol. The lowest BCUT2D eigenvalue weighted by atomic mass is 10.1. The first-order chi connectivity index (χ1) is 11.9. The van der Waals surface area contributed by atoms with Crippen LogP contribution in [-0.4, -0.2) is 24.2 Å². The first-order valence-electron chi connectivity index (χ1n) is 7.45. The molecule has 0 amide bonds. The normalized spacial score (nSPS) is 17.6. The summed E-state index contributed by atoms with van der Waals surface area (Å²) in [5.41, 5.74) is 0. The second kappa shape index (κ2) is 6.73. The van der Waals surface area contributed by atoms with E-state index in [1.54, 1.807) is 4.90 Å². The molecule has 3 rings (SSSR count). The van der Waals surface area contributed by atoms with Crippen molar-refractivity contribution in [3.63, 3.8) is 0 Å². The van der Waals surface area contributed by atoms with E-state index in [9.17, 15) is 27.1 Å². The number of nitrogens with zero attached hydrogens (tertiary/aromatic N) is 2. The van der Waals surface area contributed by atoms with Crippen LogP contribution in [0.5, 0.6) is 11.5 Å². The Kier molecular flexibility index (Phi) is 4.65. The van der Waals surface area contributed by atoms with Gasteiger partial charge in [0.05, 0.1) is 6.54 Å². The fraction of sp³-hybridized carbons (Fsp3) is 0.312. The van der Waals surface area contributed by atoms with Crippen molar-refractivity contribution in [1.82, 2.24) is 4.98 Å². The van der Waals surface area contributed by atoms with Gasteiger partial charge in [0.2, 0.25) is 34.8 Å². The molecule has 1 fully saturated rings. The van der Waals surface area contributed by atoms with Crippen molar-refractivity contribution in [2.24, 2.45) is 0 Å². The molecule has 0 saturated carbocycles. The highest BCUT2D eigenvalue weighted by Crippen LogP contribution is 2.32. The summed E-state index contributed by atoms with van der Waals surface area (Å²) in [7, 11) is 0. The van der Waals surface area contributed by atoms with Gasteiger partial charge in [0, 0.05) is 12.7 Å². The van der Waals surface area contributed by atoms with E-state index in [-0.39, 0.29) is 18.1 Å². The summed E-state index contributed by atoms with van der Waals surface area (Å²) >= 11 is 0. The van der Waals surface area contributed by atoms with Gasteiger partial charge in [-0.15, -0.1) is 0 Å². The molecule has 0 spiro atoms. The molecule has 1 aromatic carbocycles. The number of aromatic nitrogens is 1. The van der Waals surface area contributed by atoms with E-state index in [1.165, 1.54) is 18.3 Å². The summed E-state index contributed by atoms with van der Waals surface area (Å²) < 4.78 is 72.1. The number of rotatable bonds is 3. The van der Waals surface area contributed by atoms with E-state index in [4.69, 9.17) is 4.74 Å². The second-order valence-corrected chi connectivity index (χ2v) is 5.55. The zero-order valence-electron chi connectivity index (χ0n) is 12.7. The molecule has 9 heteroatoms. The number of pyridine rings is 1. The van der Waals surface area contributed by atoms with Gasteiger partial charge in [-0.1, -0.05) is 0 Å². The summed E-state index contributed by atoms with van der Waals surface area (Å²) in [6, 6.07) is 2.79. The highest BCUT2D eigenvalue weighted by molar-refractivity contribution is 5.51. The van der Waals surface area contributed by atoms with Crippen LogP contribution in [-0.2, 0) is 5.11 Å². The van der Waals surface area contributed by atoms with Gasteiger partial charge in [0.15, 0.2) is 11.6 Å². The minimum atomic E-state index is -2.24. The Bertz CT molecular complexity index is 773. The van der Waals surface area contributed by atoms with Crippen molar-refractivity contribution >= 4 is 5.82 Å². The molecule has 1 aromatic heterocycles. The molecule has 0 aliphatic carbocycles. The van der Waals surface area contributed by atoms with Crippen molar-refractivity contribution < 1.29 is 31.8 Å². The minimum Gasteiger partial charge on any atom is -0.482 e. The van der Waals surface area contributed by atoms with Crippen molar-refractivity contribution in [2.75, 3.05) is 18.0 Å². The number of anilines is 1. The number of hydrogen-bond donors (Lipinski definition) is 0. The Morgan fingerprint density at radius 1 is 1.04 bits per heavy atom. The van der Waals surface area contributed by atoms with E-state index in [1.807, 2.05) is 0 Å². The third kappa shape index (κ3) is 3.18. The van der Waals surface area contributed by atoms with Gasteiger partial charge in [0.1, 0.15) is 6.10 Å². The smallest absolute Gasteiger partial charge is 0.220 e. The van der Waals surface area contributed by atoms with E-state index >= 15 is 0 Å². The van der Waals surface area contributed by atoms with E-state index < -0.39 is 40.9 Å². The molecular formula is C16H12F5N2O2. The molecule has 133 valence electrons. The van der Waals surface area contributed by atoms with Crippen molar-refractivity contribution in [3.05, 3.63) is 47.4 Å². The zero-order valence-corrected chi connectivity index (χ0v) is 12.7. The summed E-state index contributed by atoms with van der Waals surface area (Å²) in [5, 5.41) is 11.8. The van der Waals surface area contributed by atoms with Crippen LogP contribution in [0.3, 0.4) is 0 Å². The fourth-order valence-corrected chi connectivity index (χ4v) is 2.70. The molecule has 1 unspecified atom stereocenters. The van der Waals surface area contributed by atoms with Crippen LogP contribution in [0.25, 0.3) is 0 Å². The maximum atomic E-state index is 13.7. The lowest BCUT2D eigenvalue weighted by Crippen LogP contribution is -2.41. The quantitative estimate of drug-likeness (QED) is 0.473. The third-order valence-electron chi connectivity index (χ3n) is 3.88. The SMILES string of the molecule is [O]c1cccnc1N1CCCC(Oc2c(F)c(F)c(F)c(F)c2F)C1. The largest absolute Gasteiger partial charge is 0.482 e. The van der Waals surface area contributed by atoms with Gasteiger partial charge in [-0.05, 0) is 25.0 Å². The average Bonchev–Trinajstić information content (AvgIpc) is 2.62. The highest BCUT2D eigenvalue weighted by atomic mass is 19.2. The van der Waals surface area contributed by atoms with Gasteiger partial charge in [-0.2, -0.15) is 8.78 Å². The molecule has 1 saturated heterocycles. The Hall–Kier alpha value is -2.58. The molecule has 1 radical (unpaired) electrons. The predicted octanol–water partition coefficient (Wildman–Crippen LogP) is 3.97. The molecule has 2 heterocycles. The van der Waals surface area contributed by atoms with Crippen molar-refractivity contribution in [2.45, 2.75) is 18.9 Å². The van der Waals surface area contributed by atoms with Gasteiger partial charge < -0.3 is 9.64 Å². The molecule has 1 aliphatic heterocycles. The number of halogens is 5. The summed E-state index contributed by atoms with van der Waals surface area (Å²) in [6.45, 7) is 0.495. The summed E-state index contributed by atoms with van der Waals surface area (Å²) in [6.07, 6.45) is 1.39. The molecule has 1 aliphatic rings. The number of hydrogen-bond acceptors (Lipinski definition) is 3. The van der Waals surface area contributed by atoms with Crippen LogP contribution in [0, 0.1) is 29.1 Å².